The molecule has 0 atom stereocenters. The molecule has 0 saturated carbocycles. The fourth-order valence-corrected chi connectivity index (χ4v) is 4.08. The number of rotatable bonds is 2. The summed E-state index contributed by atoms with van der Waals surface area (Å²) in [7, 11) is 0. The van der Waals surface area contributed by atoms with Crippen molar-refractivity contribution in [2.24, 2.45) is 0 Å². The van der Waals surface area contributed by atoms with Crippen LogP contribution in [-0.2, 0) is 14.9 Å². The molecule has 0 aliphatic carbocycles. The number of amides is 1. The SMILES string of the molecule is O=C(N1CCSCC1)C1(c2ccccc2)CCOCC1. The molecule has 3 rings (SSSR count). The summed E-state index contributed by atoms with van der Waals surface area (Å²) in [6.07, 6.45) is 1.61. The van der Waals surface area contributed by atoms with Crippen molar-refractivity contribution in [1.29, 1.82) is 0 Å². The topological polar surface area (TPSA) is 29.5 Å². The molecule has 2 aliphatic heterocycles. The highest BCUT2D eigenvalue weighted by molar-refractivity contribution is 7.99. The van der Waals surface area contributed by atoms with Crippen molar-refractivity contribution in [2.75, 3.05) is 37.8 Å². The van der Waals surface area contributed by atoms with Crippen LogP contribution in [0.15, 0.2) is 30.3 Å². The molecule has 2 saturated heterocycles. The fraction of sp³-hybridized carbons (Fsp3) is 0.562. The maximum absolute atomic E-state index is 13.1. The van der Waals surface area contributed by atoms with Gasteiger partial charge in [-0.1, -0.05) is 30.3 Å². The highest BCUT2D eigenvalue weighted by Crippen LogP contribution is 2.37. The lowest BCUT2D eigenvalue weighted by Gasteiger charge is -2.41. The van der Waals surface area contributed by atoms with E-state index < -0.39 is 0 Å². The van der Waals surface area contributed by atoms with Gasteiger partial charge in [-0.2, -0.15) is 11.8 Å². The van der Waals surface area contributed by atoms with Crippen LogP contribution in [0.5, 0.6) is 0 Å². The number of benzene rings is 1. The van der Waals surface area contributed by atoms with Gasteiger partial charge in [0.1, 0.15) is 0 Å². The second kappa shape index (κ2) is 6.19. The van der Waals surface area contributed by atoms with Crippen molar-refractivity contribution in [3.05, 3.63) is 35.9 Å². The summed E-state index contributed by atoms with van der Waals surface area (Å²) in [5.41, 5.74) is 0.799. The Labute approximate surface area is 124 Å². The van der Waals surface area contributed by atoms with Crippen LogP contribution >= 0.6 is 11.8 Å². The first kappa shape index (κ1) is 14.0. The maximum atomic E-state index is 13.1. The first-order valence-corrected chi connectivity index (χ1v) is 8.49. The van der Waals surface area contributed by atoms with Crippen molar-refractivity contribution in [3.8, 4) is 0 Å². The summed E-state index contributed by atoms with van der Waals surface area (Å²) in [5.74, 6) is 2.44. The second-order valence-corrected chi connectivity index (χ2v) is 6.69. The molecule has 1 aromatic rings. The molecule has 2 aliphatic rings. The Balaban J connectivity index is 1.91. The third kappa shape index (κ3) is 2.59. The molecule has 0 spiro atoms. The van der Waals surface area contributed by atoms with Crippen molar-refractivity contribution in [3.63, 3.8) is 0 Å². The Bertz CT molecular complexity index is 451. The van der Waals surface area contributed by atoms with Crippen LogP contribution in [-0.4, -0.2) is 48.6 Å². The number of nitrogens with zero attached hydrogens (tertiary/aromatic N) is 1. The zero-order valence-electron chi connectivity index (χ0n) is 11.7. The van der Waals surface area contributed by atoms with E-state index in [0.717, 1.165) is 43.0 Å². The van der Waals surface area contributed by atoms with Gasteiger partial charge in [-0.15, -0.1) is 0 Å². The number of thioether (sulfide) groups is 1. The van der Waals surface area contributed by atoms with E-state index in [-0.39, 0.29) is 5.41 Å². The van der Waals surface area contributed by atoms with Gasteiger partial charge >= 0.3 is 0 Å². The van der Waals surface area contributed by atoms with Crippen molar-refractivity contribution in [2.45, 2.75) is 18.3 Å². The Morgan fingerprint density at radius 2 is 1.75 bits per heavy atom. The van der Waals surface area contributed by atoms with Crippen molar-refractivity contribution in [1.82, 2.24) is 4.90 Å². The van der Waals surface area contributed by atoms with E-state index >= 15 is 0 Å². The third-order valence-corrected chi connectivity index (χ3v) is 5.32. The Morgan fingerprint density at radius 3 is 2.40 bits per heavy atom. The van der Waals surface area contributed by atoms with Gasteiger partial charge in [-0.25, -0.2) is 0 Å². The van der Waals surface area contributed by atoms with Crippen LogP contribution in [0.2, 0.25) is 0 Å². The molecular formula is C16H21NO2S. The summed E-state index contributed by atoms with van der Waals surface area (Å²) in [4.78, 5) is 15.2. The molecule has 0 radical (unpaired) electrons. The van der Waals surface area contributed by atoms with E-state index in [1.54, 1.807) is 0 Å². The molecule has 0 N–H and O–H groups in total. The molecule has 3 nitrogen and oxygen atoms in total. The molecule has 4 heteroatoms. The molecule has 0 bridgehead atoms. The monoisotopic (exact) mass is 291 g/mol. The summed E-state index contributed by atoms with van der Waals surface area (Å²) in [5, 5.41) is 0. The normalized spacial score (nSPS) is 22.5. The van der Waals surface area contributed by atoms with Gasteiger partial charge in [0.15, 0.2) is 0 Å². The number of hydrogen-bond donors (Lipinski definition) is 0. The number of ether oxygens (including phenoxy) is 1. The summed E-state index contributed by atoms with van der Waals surface area (Å²) >= 11 is 1.94. The van der Waals surface area contributed by atoms with Gasteiger partial charge in [0.05, 0.1) is 5.41 Å². The van der Waals surface area contributed by atoms with E-state index in [0.29, 0.717) is 19.1 Å². The molecule has 108 valence electrons. The van der Waals surface area contributed by atoms with Crippen LogP contribution in [0.4, 0.5) is 0 Å². The van der Waals surface area contributed by atoms with Crippen LogP contribution in [0.3, 0.4) is 0 Å². The largest absolute Gasteiger partial charge is 0.381 e. The van der Waals surface area contributed by atoms with Crippen LogP contribution < -0.4 is 0 Å². The van der Waals surface area contributed by atoms with Gasteiger partial charge in [0.2, 0.25) is 5.91 Å². The summed E-state index contributed by atoms with van der Waals surface area (Å²) in [6.45, 7) is 3.14. The molecule has 0 aromatic heterocycles. The zero-order chi connectivity index (χ0) is 13.8. The van der Waals surface area contributed by atoms with Crippen LogP contribution in [0, 0.1) is 0 Å². The predicted octanol–water partition coefficient (Wildman–Crippen LogP) is 2.31. The molecule has 1 aromatic carbocycles. The smallest absolute Gasteiger partial charge is 0.233 e. The van der Waals surface area contributed by atoms with Crippen molar-refractivity contribution < 1.29 is 9.53 Å². The molecule has 2 fully saturated rings. The average Bonchev–Trinajstić information content (AvgIpc) is 2.56. The summed E-state index contributed by atoms with van der Waals surface area (Å²) < 4.78 is 5.51. The van der Waals surface area contributed by atoms with Crippen LogP contribution in [0.1, 0.15) is 18.4 Å². The number of carbonyl (C=O) groups excluding carboxylic acids is 1. The number of carbonyl (C=O) groups is 1. The lowest BCUT2D eigenvalue weighted by Crippen LogP contribution is -2.52. The van der Waals surface area contributed by atoms with Gasteiger partial charge in [0.25, 0.3) is 0 Å². The minimum Gasteiger partial charge on any atom is -0.381 e. The third-order valence-electron chi connectivity index (χ3n) is 4.38. The first-order chi connectivity index (χ1) is 9.83. The maximum Gasteiger partial charge on any atom is 0.233 e. The zero-order valence-corrected chi connectivity index (χ0v) is 12.5. The molecule has 0 unspecified atom stereocenters. The lowest BCUT2D eigenvalue weighted by atomic mass is 9.73. The van der Waals surface area contributed by atoms with Gasteiger partial charge in [-0.3, -0.25) is 4.79 Å². The lowest BCUT2D eigenvalue weighted by molar-refractivity contribution is -0.141. The molecule has 20 heavy (non-hydrogen) atoms. The van der Waals surface area contributed by atoms with Gasteiger partial charge < -0.3 is 9.64 Å². The fourth-order valence-electron chi connectivity index (χ4n) is 3.17. The quantitative estimate of drug-likeness (QED) is 0.837. The average molecular weight is 291 g/mol. The van der Waals surface area contributed by atoms with Gasteiger partial charge in [-0.05, 0) is 18.4 Å². The van der Waals surface area contributed by atoms with E-state index in [1.807, 2.05) is 30.0 Å². The van der Waals surface area contributed by atoms with E-state index in [4.69, 9.17) is 4.74 Å². The molecule has 1 amide bonds. The highest BCUT2D eigenvalue weighted by Gasteiger charge is 2.44. The summed E-state index contributed by atoms with van der Waals surface area (Å²) in [6, 6.07) is 10.3. The highest BCUT2D eigenvalue weighted by atomic mass is 32.2. The second-order valence-electron chi connectivity index (χ2n) is 5.47. The minimum absolute atomic E-state index is 0.312. The van der Waals surface area contributed by atoms with E-state index in [1.165, 1.54) is 0 Å². The number of hydrogen-bond acceptors (Lipinski definition) is 3. The molecular weight excluding hydrogens is 270 g/mol. The standard InChI is InChI=1S/C16H21NO2S/c18-15(17-8-12-20-13-9-17)16(6-10-19-11-7-16)14-4-2-1-3-5-14/h1-5H,6-13H2. The van der Waals surface area contributed by atoms with Crippen molar-refractivity contribution >= 4 is 17.7 Å². The van der Waals surface area contributed by atoms with E-state index in [2.05, 4.69) is 17.0 Å². The Hall–Kier alpha value is -1.00. The van der Waals surface area contributed by atoms with Gasteiger partial charge in [0, 0.05) is 37.8 Å². The Morgan fingerprint density at radius 1 is 1.10 bits per heavy atom. The minimum atomic E-state index is -0.360. The molecule has 2 heterocycles. The Kier molecular flexibility index (Phi) is 4.32. The first-order valence-electron chi connectivity index (χ1n) is 7.33. The van der Waals surface area contributed by atoms with E-state index in [9.17, 15) is 4.79 Å². The van der Waals surface area contributed by atoms with Crippen LogP contribution in [0.25, 0.3) is 0 Å². The predicted molar refractivity (Wildman–Crippen MR) is 82.1 cm³/mol.